The van der Waals surface area contributed by atoms with Crippen LogP contribution in [-0.4, -0.2) is 36.0 Å². The molecule has 1 N–H and O–H groups in total. The van der Waals surface area contributed by atoms with Crippen LogP contribution >= 0.6 is 35.3 Å². The quantitative estimate of drug-likeness (QED) is 0.458. The van der Waals surface area contributed by atoms with E-state index in [2.05, 4.69) is 41.0 Å². The standard InChI is InChI=1S/C15H26N4S.HI/c1-5-15(6-2)7-8-19(10-15)14(16-4)17-9-13-12(3)18-11-20-13;/h11H,5-10H2,1-4H3,(H,16,17);1H. The van der Waals surface area contributed by atoms with Crippen molar-refractivity contribution < 1.29 is 0 Å². The normalized spacial score (nSPS) is 17.7. The van der Waals surface area contributed by atoms with Crippen LogP contribution in [0.4, 0.5) is 0 Å². The fraction of sp³-hybridized carbons (Fsp3) is 0.733. The number of nitrogens with zero attached hydrogens (tertiary/aromatic N) is 3. The van der Waals surface area contributed by atoms with E-state index in [-0.39, 0.29) is 24.0 Å². The SMILES string of the molecule is CCC1(CC)CCN(C(=NC)NCc2scnc2C)C1.I. The van der Waals surface area contributed by atoms with Crippen LogP contribution in [0, 0.1) is 12.3 Å². The summed E-state index contributed by atoms with van der Waals surface area (Å²) < 4.78 is 0. The van der Waals surface area contributed by atoms with Gasteiger partial charge < -0.3 is 10.2 Å². The van der Waals surface area contributed by atoms with Gasteiger partial charge in [-0.15, -0.1) is 35.3 Å². The van der Waals surface area contributed by atoms with Gasteiger partial charge in [0.2, 0.25) is 0 Å². The minimum absolute atomic E-state index is 0. The summed E-state index contributed by atoms with van der Waals surface area (Å²) in [7, 11) is 1.87. The maximum Gasteiger partial charge on any atom is 0.193 e. The topological polar surface area (TPSA) is 40.5 Å². The van der Waals surface area contributed by atoms with Crippen molar-refractivity contribution in [2.24, 2.45) is 10.4 Å². The van der Waals surface area contributed by atoms with E-state index in [0.717, 1.165) is 31.3 Å². The second kappa shape index (κ2) is 8.31. The number of aromatic nitrogens is 1. The Morgan fingerprint density at radius 1 is 1.48 bits per heavy atom. The molecule has 0 bridgehead atoms. The highest BCUT2D eigenvalue weighted by atomic mass is 127. The van der Waals surface area contributed by atoms with Crippen LogP contribution in [0.3, 0.4) is 0 Å². The zero-order chi connectivity index (χ0) is 14.6. The molecule has 1 saturated heterocycles. The van der Waals surface area contributed by atoms with Crippen molar-refractivity contribution in [3.63, 3.8) is 0 Å². The fourth-order valence-corrected chi connectivity index (χ4v) is 3.65. The number of hydrogen-bond donors (Lipinski definition) is 1. The lowest BCUT2D eigenvalue weighted by Gasteiger charge is -2.27. The molecule has 1 aromatic heterocycles. The molecule has 0 amide bonds. The van der Waals surface area contributed by atoms with E-state index in [4.69, 9.17) is 0 Å². The largest absolute Gasteiger partial charge is 0.351 e. The Balaban J connectivity index is 0.00000220. The predicted octanol–water partition coefficient (Wildman–Crippen LogP) is 3.66. The van der Waals surface area contributed by atoms with E-state index in [9.17, 15) is 0 Å². The van der Waals surface area contributed by atoms with Crippen molar-refractivity contribution in [3.8, 4) is 0 Å². The summed E-state index contributed by atoms with van der Waals surface area (Å²) in [5.74, 6) is 1.03. The zero-order valence-electron chi connectivity index (χ0n) is 13.5. The van der Waals surface area contributed by atoms with Gasteiger partial charge in [-0.1, -0.05) is 13.8 Å². The first kappa shape index (κ1) is 18.7. The van der Waals surface area contributed by atoms with Crippen LogP contribution in [0.5, 0.6) is 0 Å². The molecule has 4 nitrogen and oxygen atoms in total. The molecule has 1 aliphatic rings. The van der Waals surface area contributed by atoms with E-state index >= 15 is 0 Å². The van der Waals surface area contributed by atoms with Crippen LogP contribution in [-0.2, 0) is 6.54 Å². The molecular formula is C15H27IN4S. The van der Waals surface area contributed by atoms with Crippen molar-refractivity contribution in [2.45, 2.75) is 46.6 Å². The summed E-state index contributed by atoms with van der Waals surface area (Å²) in [6.45, 7) is 9.74. The molecule has 0 aliphatic carbocycles. The van der Waals surface area contributed by atoms with Gasteiger partial charge in [0.15, 0.2) is 5.96 Å². The van der Waals surface area contributed by atoms with Crippen molar-refractivity contribution in [1.82, 2.24) is 15.2 Å². The number of halogens is 1. The van der Waals surface area contributed by atoms with Gasteiger partial charge in [-0.3, -0.25) is 4.99 Å². The monoisotopic (exact) mass is 422 g/mol. The number of hydrogen-bond acceptors (Lipinski definition) is 3. The minimum Gasteiger partial charge on any atom is -0.351 e. The fourth-order valence-electron chi connectivity index (χ4n) is 2.93. The summed E-state index contributed by atoms with van der Waals surface area (Å²) in [4.78, 5) is 12.4. The van der Waals surface area contributed by atoms with Crippen LogP contribution in [0.1, 0.15) is 43.7 Å². The third-order valence-corrected chi connectivity index (χ3v) is 5.64. The van der Waals surface area contributed by atoms with Gasteiger partial charge in [0.25, 0.3) is 0 Å². The van der Waals surface area contributed by atoms with Gasteiger partial charge in [0.1, 0.15) is 0 Å². The Bertz CT molecular complexity index is 468. The minimum atomic E-state index is 0. The molecule has 2 rings (SSSR count). The van der Waals surface area contributed by atoms with Crippen LogP contribution in [0.2, 0.25) is 0 Å². The molecule has 1 fully saturated rings. The van der Waals surface area contributed by atoms with E-state index < -0.39 is 0 Å². The van der Waals surface area contributed by atoms with Crippen LogP contribution in [0.25, 0.3) is 0 Å². The lowest BCUT2D eigenvalue weighted by molar-refractivity contribution is 0.276. The maximum atomic E-state index is 4.45. The van der Waals surface area contributed by atoms with E-state index in [1.165, 1.54) is 24.1 Å². The van der Waals surface area contributed by atoms with Gasteiger partial charge in [0.05, 0.1) is 17.7 Å². The molecule has 0 unspecified atom stereocenters. The number of thiazole rings is 1. The number of aryl methyl sites for hydroxylation is 1. The number of guanidine groups is 1. The molecular weight excluding hydrogens is 395 g/mol. The highest BCUT2D eigenvalue weighted by Gasteiger charge is 2.36. The molecule has 1 aliphatic heterocycles. The van der Waals surface area contributed by atoms with Gasteiger partial charge >= 0.3 is 0 Å². The number of rotatable bonds is 4. The summed E-state index contributed by atoms with van der Waals surface area (Å²) in [6, 6.07) is 0. The lowest BCUT2D eigenvalue weighted by atomic mass is 9.82. The third-order valence-electron chi connectivity index (χ3n) is 4.70. The number of likely N-dealkylation sites (tertiary alicyclic amines) is 1. The van der Waals surface area contributed by atoms with Crippen molar-refractivity contribution >= 4 is 41.3 Å². The second-order valence-electron chi connectivity index (χ2n) is 5.64. The summed E-state index contributed by atoms with van der Waals surface area (Å²) in [6.07, 6.45) is 3.79. The van der Waals surface area contributed by atoms with Gasteiger partial charge in [-0.05, 0) is 31.6 Å². The van der Waals surface area contributed by atoms with E-state index in [0.29, 0.717) is 5.41 Å². The first-order valence-electron chi connectivity index (χ1n) is 7.48. The smallest absolute Gasteiger partial charge is 0.193 e. The van der Waals surface area contributed by atoms with E-state index in [1.54, 1.807) is 11.3 Å². The molecule has 6 heteroatoms. The van der Waals surface area contributed by atoms with E-state index in [1.807, 2.05) is 12.6 Å². The maximum absolute atomic E-state index is 4.45. The van der Waals surface area contributed by atoms with Crippen LogP contribution in [0.15, 0.2) is 10.5 Å². The zero-order valence-corrected chi connectivity index (χ0v) is 16.6. The van der Waals surface area contributed by atoms with Crippen LogP contribution < -0.4 is 5.32 Å². The molecule has 0 spiro atoms. The Morgan fingerprint density at radius 3 is 2.67 bits per heavy atom. The van der Waals surface area contributed by atoms with Gasteiger partial charge in [-0.2, -0.15) is 0 Å². The Morgan fingerprint density at radius 2 is 2.19 bits per heavy atom. The summed E-state index contributed by atoms with van der Waals surface area (Å²) in [5, 5.41) is 3.49. The second-order valence-corrected chi connectivity index (χ2v) is 6.58. The number of aliphatic imine (C=N–C) groups is 1. The molecule has 2 heterocycles. The highest BCUT2D eigenvalue weighted by molar-refractivity contribution is 14.0. The molecule has 0 aromatic carbocycles. The Labute approximate surface area is 149 Å². The third kappa shape index (κ3) is 4.31. The Hall–Kier alpha value is -0.370. The van der Waals surface area contributed by atoms with Crippen molar-refractivity contribution in [3.05, 3.63) is 16.1 Å². The summed E-state index contributed by atoms with van der Waals surface area (Å²) in [5.41, 5.74) is 3.51. The first-order valence-corrected chi connectivity index (χ1v) is 8.36. The molecule has 21 heavy (non-hydrogen) atoms. The average molecular weight is 422 g/mol. The van der Waals surface area contributed by atoms with Crippen molar-refractivity contribution in [2.75, 3.05) is 20.1 Å². The Kier molecular flexibility index (Phi) is 7.39. The summed E-state index contributed by atoms with van der Waals surface area (Å²) >= 11 is 1.71. The molecule has 1 aromatic rings. The highest BCUT2D eigenvalue weighted by Crippen LogP contribution is 2.36. The average Bonchev–Trinajstić information content (AvgIpc) is 3.07. The molecule has 0 radical (unpaired) electrons. The molecule has 0 saturated carbocycles. The number of nitrogens with one attached hydrogen (secondary N) is 1. The predicted molar refractivity (Wildman–Crippen MR) is 102 cm³/mol. The first-order chi connectivity index (χ1) is 9.64. The van der Waals surface area contributed by atoms with Gasteiger partial charge in [-0.25, -0.2) is 4.98 Å². The molecule has 120 valence electrons. The lowest BCUT2D eigenvalue weighted by Crippen LogP contribution is -2.40. The van der Waals surface area contributed by atoms with Crippen molar-refractivity contribution in [1.29, 1.82) is 0 Å². The van der Waals surface area contributed by atoms with Gasteiger partial charge in [0, 0.05) is 25.0 Å². The molecule has 0 atom stereocenters.